The van der Waals surface area contributed by atoms with E-state index in [2.05, 4.69) is 20.6 Å². The number of aryl methyl sites for hydroxylation is 1. The molecule has 0 spiro atoms. The van der Waals surface area contributed by atoms with Gasteiger partial charge in [0.1, 0.15) is 5.82 Å². The number of aromatic nitrogens is 2. The van der Waals surface area contributed by atoms with Gasteiger partial charge in [0.25, 0.3) is 0 Å². The van der Waals surface area contributed by atoms with Gasteiger partial charge in [-0.15, -0.1) is 0 Å². The molecular formula is C12H22N4OS. The van der Waals surface area contributed by atoms with Crippen LogP contribution in [0.1, 0.15) is 19.5 Å². The van der Waals surface area contributed by atoms with Crippen molar-refractivity contribution in [2.45, 2.75) is 26.4 Å². The van der Waals surface area contributed by atoms with Crippen LogP contribution in [0.3, 0.4) is 0 Å². The van der Waals surface area contributed by atoms with Crippen LogP contribution in [0, 0.1) is 6.92 Å². The van der Waals surface area contributed by atoms with Crippen LogP contribution in [0.25, 0.3) is 0 Å². The van der Waals surface area contributed by atoms with E-state index >= 15 is 0 Å². The van der Waals surface area contributed by atoms with Gasteiger partial charge in [-0.25, -0.2) is 4.98 Å². The van der Waals surface area contributed by atoms with Gasteiger partial charge in [0, 0.05) is 30.6 Å². The lowest BCUT2D eigenvalue weighted by Gasteiger charge is -2.23. The zero-order valence-electron chi connectivity index (χ0n) is 11.4. The van der Waals surface area contributed by atoms with E-state index in [0.717, 1.165) is 18.1 Å². The Morgan fingerprint density at radius 2 is 2.11 bits per heavy atom. The highest BCUT2D eigenvalue weighted by molar-refractivity contribution is 7.98. The second-order valence-electron chi connectivity index (χ2n) is 4.53. The highest BCUT2D eigenvalue weighted by atomic mass is 32.2. The van der Waals surface area contributed by atoms with E-state index in [1.54, 1.807) is 11.8 Å². The third-order valence-corrected chi connectivity index (χ3v) is 3.21. The first-order valence-corrected chi connectivity index (χ1v) is 7.41. The van der Waals surface area contributed by atoms with Crippen LogP contribution in [0.5, 0.6) is 0 Å². The van der Waals surface area contributed by atoms with Crippen molar-refractivity contribution in [1.29, 1.82) is 0 Å². The van der Waals surface area contributed by atoms with Gasteiger partial charge in [-0.2, -0.15) is 16.7 Å². The number of nitrogens with zero attached hydrogens (tertiary/aromatic N) is 2. The maximum absolute atomic E-state index is 10.1. The molecule has 1 atom stereocenters. The molecule has 1 aromatic rings. The lowest BCUT2D eigenvalue weighted by Crippen LogP contribution is -2.36. The number of rotatable bonds is 7. The molecule has 0 aliphatic carbocycles. The maximum atomic E-state index is 10.1. The lowest BCUT2D eigenvalue weighted by atomic mass is 10.1. The summed E-state index contributed by atoms with van der Waals surface area (Å²) in [4.78, 5) is 8.61. The van der Waals surface area contributed by atoms with Crippen LogP contribution < -0.4 is 10.6 Å². The summed E-state index contributed by atoms with van der Waals surface area (Å²) in [6.07, 6.45) is 1.98. The first kappa shape index (κ1) is 15.0. The Bertz CT molecular complexity index is 384. The van der Waals surface area contributed by atoms with Gasteiger partial charge in [-0.05, 0) is 27.0 Å². The third kappa shape index (κ3) is 5.10. The number of hydrogen-bond acceptors (Lipinski definition) is 6. The highest BCUT2D eigenvalue weighted by Gasteiger charge is 2.19. The summed E-state index contributed by atoms with van der Waals surface area (Å²) < 4.78 is 0. The molecule has 1 aromatic heterocycles. The van der Waals surface area contributed by atoms with Crippen LogP contribution in [0.2, 0.25) is 0 Å². The number of anilines is 2. The van der Waals surface area contributed by atoms with Crippen molar-refractivity contribution in [3.8, 4) is 0 Å². The minimum Gasteiger partial charge on any atom is -0.387 e. The van der Waals surface area contributed by atoms with Gasteiger partial charge >= 0.3 is 0 Å². The van der Waals surface area contributed by atoms with E-state index in [4.69, 9.17) is 0 Å². The average molecular weight is 270 g/mol. The summed E-state index contributed by atoms with van der Waals surface area (Å²) in [5.41, 5.74) is 0.157. The molecule has 0 radical (unpaired) electrons. The van der Waals surface area contributed by atoms with Crippen molar-refractivity contribution in [2.24, 2.45) is 0 Å². The number of nitrogens with one attached hydrogen (secondary N) is 2. The van der Waals surface area contributed by atoms with Crippen molar-refractivity contribution in [1.82, 2.24) is 9.97 Å². The molecule has 0 amide bonds. The predicted molar refractivity (Wildman–Crippen MR) is 78.4 cm³/mol. The fourth-order valence-electron chi connectivity index (χ4n) is 1.54. The molecule has 0 aliphatic rings. The predicted octanol–water partition coefficient (Wildman–Crippen LogP) is 1.74. The topological polar surface area (TPSA) is 70.1 Å². The summed E-state index contributed by atoms with van der Waals surface area (Å²) in [7, 11) is 0. The minimum atomic E-state index is -0.739. The zero-order valence-corrected chi connectivity index (χ0v) is 12.3. The molecule has 18 heavy (non-hydrogen) atoms. The van der Waals surface area contributed by atoms with E-state index in [1.165, 1.54) is 0 Å². The summed E-state index contributed by atoms with van der Waals surface area (Å²) >= 11 is 1.62. The molecule has 1 unspecified atom stereocenters. The van der Waals surface area contributed by atoms with E-state index in [0.29, 0.717) is 18.2 Å². The molecule has 6 heteroatoms. The van der Waals surface area contributed by atoms with Gasteiger partial charge < -0.3 is 15.7 Å². The molecule has 3 N–H and O–H groups in total. The summed E-state index contributed by atoms with van der Waals surface area (Å²) in [5.74, 6) is 2.04. The molecule has 5 nitrogen and oxygen atoms in total. The van der Waals surface area contributed by atoms with Crippen molar-refractivity contribution >= 4 is 23.5 Å². The standard InChI is InChI=1S/C12H22N4OS/c1-5-13-11-15-9(2)6-10(16-11)14-7-12(3,17)8-18-4/h6,17H,5,7-8H2,1-4H3,(H2,13,14,15,16). The summed E-state index contributed by atoms with van der Waals surface area (Å²) in [6.45, 7) is 6.99. The Labute approximate surface area is 113 Å². The number of aliphatic hydroxyl groups is 1. The Balaban J connectivity index is 2.66. The van der Waals surface area contributed by atoms with Crippen LogP contribution in [0.15, 0.2) is 6.07 Å². The Kier molecular flexibility index (Phi) is 5.68. The fourth-order valence-corrected chi connectivity index (χ4v) is 2.26. The third-order valence-electron chi connectivity index (χ3n) is 2.29. The second kappa shape index (κ2) is 6.80. The molecule has 1 rings (SSSR count). The highest BCUT2D eigenvalue weighted by Crippen LogP contribution is 2.14. The quantitative estimate of drug-likeness (QED) is 0.701. The second-order valence-corrected chi connectivity index (χ2v) is 5.40. The Hall–Kier alpha value is -1.01. The van der Waals surface area contributed by atoms with Crippen molar-refractivity contribution in [3.05, 3.63) is 11.8 Å². The van der Waals surface area contributed by atoms with Gasteiger partial charge in [0.2, 0.25) is 5.95 Å². The molecule has 0 aromatic carbocycles. The molecular weight excluding hydrogens is 248 g/mol. The molecule has 0 saturated heterocycles. The summed E-state index contributed by atoms with van der Waals surface area (Å²) in [5, 5.41) is 16.3. The Morgan fingerprint density at radius 3 is 2.72 bits per heavy atom. The summed E-state index contributed by atoms with van der Waals surface area (Å²) in [6, 6.07) is 1.87. The van der Waals surface area contributed by atoms with E-state index in [9.17, 15) is 5.11 Å². The Morgan fingerprint density at radius 1 is 1.39 bits per heavy atom. The first-order chi connectivity index (χ1) is 8.46. The van der Waals surface area contributed by atoms with Crippen molar-refractivity contribution < 1.29 is 5.11 Å². The van der Waals surface area contributed by atoms with Crippen LogP contribution >= 0.6 is 11.8 Å². The van der Waals surface area contributed by atoms with Crippen molar-refractivity contribution in [3.63, 3.8) is 0 Å². The van der Waals surface area contributed by atoms with Crippen molar-refractivity contribution in [2.75, 3.05) is 35.7 Å². The number of thioether (sulfide) groups is 1. The average Bonchev–Trinajstić information content (AvgIpc) is 2.26. The van der Waals surface area contributed by atoms with Gasteiger partial charge in [0.05, 0.1) is 5.60 Å². The normalized spacial score (nSPS) is 14.1. The lowest BCUT2D eigenvalue weighted by molar-refractivity contribution is 0.0996. The maximum Gasteiger partial charge on any atom is 0.224 e. The monoisotopic (exact) mass is 270 g/mol. The van der Waals surface area contributed by atoms with E-state index in [1.807, 2.05) is 33.1 Å². The van der Waals surface area contributed by atoms with Gasteiger partial charge in [-0.3, -0.25) is 0 Å². The van der Waals surface area contributed by atoms with Crippen LogP contribution in [-0.2, 0) is 0 Å². The van der Waals surface area contributed by atoms with Crippen LogP contribution in [0.4, 0.5) is 11.8 Å². The molecule has 102 valence electrons. The molecule has 0 bridgehead atoms. The first-order valence-electron chi connectivity index (χ1n) is 6.01. The molecule has 0 saturated carbocycles. The molecule has 0 fully saturated rings. The fraction of sp³-hybridized carbons (Fsp3) is 0.667. The van der Waals surface area contributed by atoms with Gasteiger partial charge in [-0.1, -0.05) is 0 Å². The smallest absolute Gasteiger partial charge is 0.224 e. The van der Waals surface area contributed by atoms with E-state index in [-0.39, 0.29) is 0 Å². The minimum absolute atomic E-state index is 0.468. The zero-order chi connectivity index (χ0) is 13.6. The van der Waals surface area contributed by atoms with E-state index < -0.39 is 5.60 Å². The molecule has 0 aliphatic heterocycles. The SMILES string of the molecule is CCNc1nc(C)cc(NCC(C)(O)CSC)n1. The largest absolute Gasteiger partial charge is 0.387 e. The number of hydrogen-bond donors (Lipinski definition) is 3. The molecule has 1 heterocycles. The van der Waals surface area contributed by atoms with Gasteiger partial charge in [0.15, 0.2) is 0 Å². The van der Waals surface area contributed by atoms with Crippen LogP contribution in [-0.4, -0.2) is 45.8 Å².